The monoisotopic (exact) mass is 471 g/mol. The topological polar surface area (TPSA) is 84.0 Å². The van der Waals surface area contributed by atoms with Crippen molar-refractivity contribution in [2.45, 2.75) is 6.92 Å². The SMILES string of the molecule is COc1cc(C(=O)COC(=O)c2cc(-c3ccc(C)cc3)nc3ccccc23)cc(OC)c1OC. The van der Waals surface area contributed by atoms with E-state index in [9.17, 15) is 9.59 Å². The number of carbonyl (C=O) groups is 2. The van der Waals surface area contributed by atoms with Crippen LogP contribution >= 0.6 is 0 Å². The Morgan fingerprint density at radius 2 is 1.49 bits per heavy atom. The van der Waals surface area contributed by atoms with E-state index in [0.29, 0.717) is 39.4 Å². The molecule has 0 aliphatic rings. The Bertz CT molecular complexity index is 1370. The zero-order valence-electron chi connectivity index (χ0n) is 20.0. The predicted molar refractivity (Wildman–Crippen MR) is 133 cm³/mol. The highest BCUT2D eigenvalue weighted by atomic mass is 16.5. The second-order valence-corrected chi connectivity index (χ2v) is 7.85. The summed E-state index contributed by atoms with van der Waals surface area (Å²) in [6.45, 7) is 1.55. The molecule has 0 spiro atoms. The van der Waals surface area contributed by atoms with E-state index in [1.165, 1.54) is 33.5 Å². The Labute approximate surface area is 203 Å². The number of aryl methyl sites for hydroxylation is 1. The number of benzene rings is 3. The average Bonchev–Trinajstić information content (AvgIpc) is 2.90. The van der Waals surface area contributed by atoms with Crippen molar-refractivity contribution >= 4 is 22.7 Å². The highest BCUT2D eigenvalue weighted by Crippen LogP contribution is 2.38. The van der Waals surface area contributed by atoms with Crippen LogP contribution in [0.25, 0.3) is 22.2 Å². The Kier molecular flexibility index (Phi) is 6.96. The fraction of sp³-hybridized carbons (Fsp3) is 0.179. The molecule has 0 saturated heterocycles. The van der Waals surface area contributed by atoms with Gasteiger partial charge in [-0.2, -0.15) is 0 Å². The van der Waals surface area contributed by atoms with Gasteiger partial charge in [0.25, 0.3) is 0 Å². The minimum absolute atomic E-state index is 0.271. The first-order chi connectivity index (χ1) is 16.9. The number of pyridine rings is 1. The molecule has 7 nitrogen and oxygen atoms in total. The number of para-hydroxylation sites is 1. The summed E-state index contributed by atoms with van der Waals surface area (Å²) in [5.74, 6) is 0.0247. The molecule has 0 fully saturated rings. The number of nitrogens with zero attached hydrogens (tertiary/aromatic N) is 1. The summed E-state index contributed by atoms with van der Waals surface area (Å²) >= 11 is 0. The highest BCUT2D eigenvalue weighted by Gasteiger charge is 2.20. The molecule has 4 aromatic rings. The molecule has 178 valence electrons. The van der Waals surface area contributed by atoms with Crippen LogP contribution < -0.4 is 14.2 Å². The van der Waals surface area contributed by atoms with Crippen LogP contribution in [-0.4, -0.2) is 44.7 Å². The third-order valence-corrected chi connectivity index (χ3v) is 5.60. The molecule has 7 heteroatoms. The van der Waals surface area contributed by atoms with Crippen LogP contribution in [0, 0.1) is 6.92 Å². The normalized spacial score (nSPS) is 10.6. The van der Waals surface area contributed by atoms with Gasteiger partial charge in [-0.15, -0.1) is 0 Å². The molecule has 1 heterocycles. The number of fused-ring (bicyclic) bond motifs is 1. The van der Waals surface area contributed by atoms with Crippen molar-refractivity contribution in [1.82, 2.24) is 4.98 Å². The van der Waals surface area contributed by atoms with Gasteiger partial charge in [0.2, 0.25) is 11.5 Å². The van der Waals surface area contributed by atoms with Crippen molar-refractivity contribution < 1.29 is 28.5 Å². The molecule has 0 N–H and O–H groups in total. The molecule has 0 amide bonds. The van der Waals surface area contributed by atoms with Gasteiger partial charge in [0.1, 0.15) is 0 Å². The number of hydrogen-bond acceptors (Lipinski definition) is 7. The molecular formula is C28H25NO6. The van der Waals surface area contributed by atoms with E-state index in [1.54, 1.807) is 12.1 Å². The maximum atomic E-state index is 13.1. The fourth-order valence-electron chi connectivity index (χ4n) is 3.75. The summed E-state index contributed by atoms with van der Waals surface area (Å²) in [5.41, 5.74) is 3.92. The van der Waals surface area contributed by atoms with E-state index in [2.05, 4.69) is 0 Å². The summed E-state index contributed by atoms with van der Waals surface area (Å²) in [7, 11) is 4.41. The number of aromatic nitrogens is 1. The van der Waals surface area contributed by atoms with Crippen molar-refractivity contribution in [2.75, 3.05) is 27.9 Å². The van der Waals surface area contributed by atoms with Crippen LogP contribution in [0.4, 0.5) is 0 Å². The van der Waals surface area contributed by atoms with Gasteiger partial charge >= 0.3 is 5.97 Å². The Hall–Kier alpha value is -4.39. The number of carbonyl (C=O) groups excluding carboxylic acids is 2. The molecule has 4 rings (SSSR count). The van der Waals surface area contributed by atoms with Crippen LogP contribution in [0.5, 0.6) is 17.2 Å². The lowest BCUT2D eigenvalue weighted by atomic mass is 10.0. The van der Waals surface area contributed by atoms with Crippen LogP contribution in [0.3, 0.4) is 0 Å². The van der Waals surface area contributed by atoms with Crippen molar-refractivity contribution in [3.63, 3.8) is 0 Å². The van der Waals surface area contributed by atoms with Gasteiger partial charge in [-0.1, -0.05) is 48.0 Å². The molecule has 0 atom stereocenters. The standard InChI is InChI=1S/C28H25NO6/c1-17-9-11-18(12-10-17)23-15-21(20-7-5-6-8-22(20)29-23)28(31)35-16-24(30)19-13-25(32-2)27(34-4)26(14-19)33-3/h5-15H,16H2,1-4H3. The summed E-state index contributed by atoms with van der Waals surface area (Å²) in [5, 5.41) is 0.647. The van der Waals surface area contributed by atoms with Gasteiger partial charge in [0.15, 0.2) is 18.1 Å². The number of ether oxygens (including phenoxy) is 4. The Morgan fingerprint density at radius 1 is 0.829 bits per heavy atom. The van der Waals surface area contributed by atoms with Crippen LogP contribution in [-0.2, 0) is 4.74 Å². The first-order valence-corrected chi connectivity index (χ1v) is 10.9. The maximum Gasteiger partial charge on any atom is 0.339 e. The van der Waals surface area contributed by atoms with Gasteiger partial charge in [0, 0.05) is 16.5 Å². The lowest BCUT2D eigenvalue weighted by Gasteiger charge is -2.14. The van der Waals surface area contributed by atoms with E-state index >= 15 is 0 Å². The van der Waals surface area contributed by atoms with E-state index in [0.717, 1.165) is 11.1 Å². The number of ketones is 1. The number of rotatable bonds is 8. The smallest absolute Gasteiger partial charge is 0.339 e. The second-order valence-electron chi connectivity index (χ2n) is 7.85. The number of esters is 1. The van der Waals surface area contributed by atoms with Crippen LogP contribution in [0.15, 0.2) is 66.7 Å². The second kappa shape index (κ2) is 10.3. The van der Waals surface area contributed by atoms with E-state index in [4.69, 9.17) is 23.9 Å². The number of hydrogen-bond donors (Lipinski definition) is 0. The van der Waals surface area contributed by atoms with E-state index in [1.807, 2.05) is 49.4 Å². The van der Waals surface area contributed by atoms with Crippen molar-refractivity contribution in [2.24, 2.45) is 0 Å². The van der Waals surface area contributed by atoms with Crippen molar-refractivity contribution in [3.05, 3.63) is 83.4 Å². The lowest BCUT2D eigenvalue weighted by molar-refractivity contribution is 0.0476. The maximum absolute atomic E-state index is 13.1. The number of Topliss-reactive ketones (excluding diaryl/α,β-unsaturated/α-hetero) is 1. The highest BCUT2D eigenvalue weighted by molar-refractivity contribution is 6.06. The fourth-order valence-corrected chi connectivity index (χ4v) is 3.75. The molecule has 0 bridgehead atoms. The summed E-state index contributed by atoms with van der Waals surface area (Å²) in [4.78, 5) is 30.7. The van der Waals surface area contributed by atoms with Gasteiger partial charge < -0.3 is 18.9 Å². The molecule has 35 heavy (non-hydrogen) atoms. The van der Waals surface area contributed by atoms with Crippen LogP contribution in [0.2, 0.25) is 0 Å². The zero-order valence-corrected chi connectivity index (χ0v) is 20.0. The van der Waals surface area contributed by atoms with Crippen LogP contribution in [0.1, 0.15) is 26.3 Å². The van der Waals surface area contributed by atoms with Crippen molar-refractivity contribution in [3.8, 4) is 28.5 Å². The average molecular weight is 472 g/mol. The third-order valence-electron chi connectivity index (χ3n) is 5.60. The minimum atomic E-state index is -0.613. The first-order valence-electron chi connectivity index (χ1n) is 10.9. The molecule has 0 saturated carbocycles. The zero-order chi connectivity index (χ0) is 24.9. The third kappa shape index (κ3) is 4.94. The molecule has 1 aromatic heterocycles. The van der Waals surface area contributed by atoms with Crippen molar-refractivity contribution in [1.29, 1.82) is 0 Å². The summed E-state index contributed by atoms with van der Waals surface area (Å²) in [6.07, 6.45) is 0. The first kappa shape index (κ1) is 23.8. The molecule has 0 unspecified atom stereocenters. The molecule has 0 aliphatic heterocycles. The molecule has 3 aromatic carbocycles. The summed E-state index contributed by atoms with van der Waals surface area (Å²) in [6, 6.07) is 19.9. The van der Waals surface area contributed by atoms with Gasteiger partial charge in [0.05, 0.1) is 38.1 Å². The van der Waals surface area contributed by atoms with Gasteiger partial charge in [-0.3, -0.25) is 4.79 Å². The van der Waals surface area contributed by atoms with E-state index in [-0.39, 0.29) is 5.56 Å². The Morgan fingerprint density at radius 3 is 2.11 bits per heavy atom. The Balaban J connectivity index is 1.62. The van der Waals surface area contributed by atoms with Gasteiger partial charge in [-0.25, -0.2) is 9.78 Å². The molecule has 0 aliphatic carbocycles. The van der Waals surface area contributed by atoms with Gasteiger partial charge in [-0.05, 0) is 31.2 Å². The van der Waals surface area contributed by atoms with E-state index < -0.39 is 18.4 Å². The quantitative estimate of drug-likeness (QED) is 0.255. The predicted octanol–water partition coefficient (Wildman–Crippen LogP) is 5.28. The lowest BCUT2D eigenvalue weighted by Crippen LogP contribution is -2.15. The molecule has 0 radical (unpaired) electrons. The largest absolute Gasteiger partial charge is 0.493 e. The summed E-state index contributed by atoms with van der Waals surface area (Å²) < 4.78 is 21.3. The number of methoxy groups -OCH3 is 3. The minimum Gasteiger partial charge on any atom is -0.493 e. The molecular weight excluding hydrogens is 446 g/mol.